The molecule has 2 aromatic carbocycles. The van der Waals surface area contributed by atoms with Crippen LogP contribution < -0.4 is 19.7 Å². The van der Waals surface area contributed by atoms with Gasteiger partial charge in [0.1, 0.15) is 17.3 Å². The molecule has 0 radical (unpaired) electrons. The molecule has 2 aromatic rings. The summed E-state index contributed by atoms with van der Waals surface area (Å²) in [6, 6.07) is 10.7. The molecular weight excluding hydrogens is 339 g/mol. The Morgan fingerprint density at radius 1 is 1.12 bits per heavy atom. The minimum atomic E-state index is -0.443. The molecule has 0 fully saturated rings. The molecule has 0 atom stereocenters. The third-order valence-corrected chi connectivity index (χ3v) is 3.75. The Morgan fingerprint density at radius 2 is 1.88 bits per heavy atom. The number of hydrogen-bond donors (Lipinski definition) is 1. The van der Waals surface area contributed by atoms with Crippen molar-refractivity contribution in [3.63, 3.8) is 0 Å². The molecule has 0 heterocycles. The molecule has 2 amide bonds. The van der Waals surface area contributed by atoms with Gasteiger partial charge in [0.15, 0.2) is 0 Å². The van der Waals surface area contributed by atoms with Crippen molar-refractivity contribution in [1.29, 1.82) is 0 Å². The number of benzene rings is 2. The van der Waals surface area contributed by atoms with Gasteiger partial charge in [-0.25, -0.2) is 4.39 Å². The van der Waals surface area contributed by atoms with Crippen LogP contribution in [0.15, 0.2) is 42.5 Å². The minimum Gasteiger partial charge on any atom is -0.497 e. The smallest absolute Gasteiger partial charge is 0.226 e. The molecule has 7 heteroatoms. The summed E-state index contributed by atoms with van der Waals surface area (Å²) in [5, 5.41) is 2.74. The van der Waals surface area contributed by atoms with E-state index in [1.807, 2.05) is 0 Å². The summed E-state index contributed by atoms with van der Waals surface area (Å²) < 4.78 is 23.7. The van der Waals surface area contributed by atoms with E-state index in [0.29, 0.717) is 22.9 Å². The van der Waals surface area contributed by atoms with Crippen LogP contribution in [-0.2, 0) is 9.59 Å². The molecule has 1 N–H and O–H groups in total. The maximum absolute atomic E-state index is 13.4. The molecule has 0 aliphatic rings. The molecule has 0 aliphatic carbocycles. The number of anilines is 2. The summed E-state index contributed by atoms with van der Waals surface area (Å²) in [5.41, 5.74) is 0.908. The Hall–Kier alpha value is -3.09. The number of carbonyl (C=O) groups excluding carboxylic acids is 2. The second-order valence-corrected chi connectivity index (χ2v) is 5.51. The van der Waals surface area contributed by atoms with Gasteiger partial charge in [-0.05, 0) is 30.3 Å². The summed E-state index contributed by atoms with van der Waals surface area (Å²) in [7, 11) is 3.03. The summed E-state index contributed by atoms with van der Waals surface area (Å²) >= 11 is 0. The molecule has 2 rings (SSSR count). The van der Waals surface area contributed by atoms with E-state index in [2.05, 4.69) is 5.32 Å². The highest BCUT2D eigenvalue weighted by molar-refractivity contribution is 5.95. The van der Waals surface area contributed by atoms with Crippen molar-refractivity contribution in [3.8, 4) is 11.5 Å². The first-order chi connectivity index (χ1) is 12.4. The topological polar surface area (TPSA) is 67.9 Å². The SMILES string of the molecule is COc1ccc(NC(=O)CCN(C(C)=O)c2cccc(F)c2)c(OC)c1. The zero-order chi connectivity index (χ0) is 19.1. The maximum Gasteiger partial charge on any atom is 0.226 e. The van der Waals surface area contributed by atoms with Gasteiger partial charge >= 0.3 is 0 Å². The molecule has 0 saturated heterocycles. The Morgan fingerprint density at radius 3 is 2.50 bits per heavy atom. The number of carbonyl (C=O) groups is 2. The lowest BCUT2D eigenvalue weighted by Gasteiger charge is -2.21. The van der Waals surface area contributed by atoms with E-state index in [4.69, 9.17) is 9.47 Å². The summed E-state index contributed by atoms with van der Waals surface area (Å²) in [6.07, 6.45) is 0.0469. The van der Waals surface area contributed by atoms with Crippen molar-refractivity contribution in [1.82, 2.24) is 0 Å². The van der Waals surface area contributed by atoms with E-state index in [1.54, 1.807) is 24.3 Å². The maximum atomic E-state index is 13.4. The molecule has 138 valence electrons. The molecule has 0 spiro atoms. The molecule has 0 bridgehead atoms. The van der Waals surface area contributed by atoms with Gasteiger partial charge in [0.05, 0.1) is 19.9 Å². The van der Waals surface area contributed by atoms with Crippen LogP contribution in [0.5, 0.6) is 11.5 Å². The lowest BCUT2D eigenvalue weighted by atomic mass is 10.2. The van der Waals surface area contributed by atoms with Crippen LogP contribution in [0.25, 0.3) is 0 Å². The van der Waals surface area contributed by atoms with Crippen molar-refractivity contribution in [2.45, 2.75) is 13.3 Å². The van der Waals surface area contributed by atoms with E-state index in [-0.39, 0.29) is 24.8 Å². The van der Waals surface area contributed by atoms with Crippen LogP contribution >= 0.6 is 0 Å². The van der Waals surface area contributed by atoms with Crippen LogP contribution in [0.2, 0.25) is 0 Å². The molecule has 0 unspecified atom stereocenters. The zero-order valence-electron chi connectivity index (χ0n) is 14.9. The van der Waals surface area contributed by atoms with Gasteiger partial charge in [0.25, 0.3) is 0 Å². The van der Waals surface area contributed by atoms with E-state index in [1.165, 1.54) is 44.2 Å². The normalized spacial score (nSPS) is 10.2. The average molecular weight is 360 g/mol. The highest BCUT2D eigenvalue weighted by Crippen LogP contribution is 2.29. The molecular formula is C19H21FN2O4. The highest BCUT2D eigenvalue weighted by Gasteiger charge is 2.15. The number of halogens is 1. The third kappa shape index (κ3) is 4.95. The standard InChI is InChI=1S/C19H21FN2O4/c1-13(23)22(15-6-4-5-14(20)11-15)10-9-19(24)21-17-8-7-16(25-2)12-18(17)26-3/h4-8,11-12H,9-10H2,1-3H3,(H,21,24). The Balaban J connectivity index is 2.04. The monoisotopic (exact) mass is 360 g/mol. The fraction of sp³-hybridized carbons (Fsp3) is 0.263. The van der Waals surface area contributed by atoms with Crippen LogP contribution in [0.1, 0.15) is 13.3 Å². The minimum absolute atomic E-state index is 0.0469. The molecule has 0 aliphatic heterocycles. The second-order valence-electron chi connectivity index (χ2n) is 5.51. The van der Waals surface area contributed by atoms with E-state index in [0.717, 1.165) is 0 Å². The predicted octanol–water partition coefficient (Wildman–Crippen LogP) is 3.22. The number of nitrogens with one attached hydrogen (secondary N) is 1. The Kier molecular flexibility index (Phi) is 6.54. The van der Waals surface area contributed by atoms with Crippen LogP contribution in [0, 0.1) is 5.82 Å². The van der Waals surface area contributed by atoms with Gasteiger partial charge in [-0.1, -0.05) is 6.07 Å². The van der Waals surface area contributed by atoms with Crippen molar-refractivity contribution >= 4 is 23.2 Å². The lowest BCUT2D eigenvalue weighted by Crippen LogP contribution is -2.32. The average Bonchev–Trinajstić information content (AvgIpc) is 2.62. The van der Waals surface area contributed by atoms with Gasteiger partial charge in [0, 0.05) is 31.6 Å². The number of methoxy groups -OCH3 is 2. The Bertz CT molecular complexity index is 795. The first-order valence-corrected chi connectivity index (χ1v) is 8.00. The predicted molar refractivity (Wildman–Crippen MR) is 97.2 cm³/mol. The van der Waals surface area contributed by atoms with Crippen molar-refractivity contribution in [2.75, 3.05) is 31.0 Å². The number of amides is 2. The molecule has 6 nitrogen and oxygen atoms in total. The van der Waals surface area contributed by atoms with Crippen molar-refractivity contribution < 1.29 is 23.5 Å². The van der Waals surface area contributed by atoms with Crippen LogP contribution in [0.3, 0.4) is 0 Å². The molecule has 0 aromatic heterocycles. The summed E-state index contributed by atoms with van der Waals surface area (Å²) in [4.78, 5) is 25.4. The largest absolute Gasteiger partial charge is 0.497 e. The van der Waals surface area contributed by atoms with Crippen LogP contribution in [-0.4, -0.2) is 32.6 Å². The summed E-state index contributed by atoms with van der Waals surface area (Å²) in [5.74, 6) is 0.0580. The first kappa shape index (κ1) is 19.2. The summed E-state index contributed by atoms with van der Waals surface area (Å²) in [6.45, 7) is 1.50. The van der Waals surface area contributed by atoms with Crippen molar-refractivity contribution in [3.05, 3.63) is 48.3 Å². The number of rotatable bonds is 7. The second kappa shape index (κ2) is 8.84. The lowest BCUT2D eigenvalue weighted by molar-refractivity contribution is -0.117. The quantitative estimate of drug-likeness (QED) is 0.823. The van der Waals surface area contributed by atoms with Gasteiger partial charge < -0.3 is 19.7 Å². The number of nitrogens with zero attached hydrogens (tertiary/aromatic N) is 1. The van der Waals surface area contributed by atoms with E-state index < -0.39 is 5.82 Å². The fourth-order valence-corrected chi connectivity index (χ4v) is 2.44. The van der Waals surface area contributed by atoms with Gasteiger partial charge in [-0.3, -0.25) is 9.59 Å². The van der Waals surface area contributed by atoms with E-state index >= 15 is 0 Å². The first-order valence-electron chi connectivity index (χ1n) is 8.00. The molecule has 0 saturated carbocycles. The number of hydrogen-bond acceptors (Lipinski definition) is 4. The van der Waals surface area contributed by atoms with E-state index in [9.17, 15) is 14.0 Å². The van der Waals surface area contributed by atoms with Gasteiger partial charge in [-0.2, -0.15) is 0 Å². The molecule has 26 heavy (non-hydrogen) atoms. The van der Waals surface area contributed by atoms with Crippen LogP contribution in [0.4, 0.5) is 15.8 Å². The highest BCUT2D eigenvalue weighted by atomic mass is 19.1. The Labute approximate surface area is 151 Å². The van der Waals surface area contributed by atoms with Gasteiger partial charge in [-0.15, -0.1) is 0 Å². The fourth-order valence-electron chi connectivity index (χ4n) is 2.44. The van der Waals surface area contributed by atoms with Gasteiger partial charge in [0.2, 0.25) is 11.8 Å². The zero-order valence-corrected chi connectivity index (χ0v) is 14.9. The van der Waals surface area contributed by atoms with Crippen molar-refractivity contribution in [2.24, 2.45) is 0 Å². The third-order valence-electron chi connectivity index (χ3n) is 3.75. The number of ether oxygens (including phenoxy) is 2.